The van der Waals surface area contributed by atoms with Crippen LogP contribution in [0.3, 0.4) is 0 Å². The Morgan fingerprint density at radius 3 is 3.00 bits per heavy atom. The molecule has 2 rings (SSSR count). The lowest BCUT2D eigenvalue weighted by atomic mass is 9.98. The van der Waals surface area contributed by atoms with Crippen molar-refractivity contribution in [3.8, 4) is 0 Å². The first-order valence-electron chi connectivity index (χ1n) is 7.26. The van der Waals surface area contributed by atoms with Crippen molar-refractivity contribution in [2.24, 2.45) is 0 Å². The number of nitrogens with one attached hydrogen (secondary N) is 1. The van der Waals surface area contributed by atoms with Crippen LogP contribution in [0, 0.1) is 6.92 Å². The van der Waals surface area contributed by atoms with Crippen LogP contribution in [0.1, 0.15) is 49.3 Å². The van der Waals surface area contributed by atoms with E-state index in [-0.39, 0.29) is 0 Å². The van der Waals surface area contributed by atoms with Crippen molar-refractivity contribution in [1.29, 1.82) is 0 Å². The number of ether oxygens (including phenoxy) is 1. The summed E-state index contributed by atoms with van der Waals surface area (Å²) in [6, 6.07) is 6.61. The maximum absolute atomic E-state index is 6.41. The minimum atomic E-state index is 0.341. The molecule has 3 heteroatoms. The van der Waals surface area contributed by atoms with E-state index in [0.29, 0.717) is 12.1 Å². The Kier molecular flexibility index (Phi) is 5.68. The third-order valence-electron chi connectivity index (χ3n) is 3.99. The molecule has 0 aromatic heterocycles. The number of hydrogen-bond donors (Lipinski definition) is 1. The van der Waals surface area contributed by atoms with Crippen LogP contribution >= 0.6 is 11.6 Å². The van der Waals surface area contributed by atoms with Gasteiger partial charge in [0, 0.05) is 17.7 Å². The van der Waals surface area contributed by atoms with Gasteiger partial charge in [-0.3, -0.25) is 0 Å². The van der Waals surface area contributed by atoms with Gasteiger partial charge in [-0.05, 0) is 57.2 Å². The summed E-state index contributed by atoms with van der Waals surface area (Å²) in [5, 5.41) is 4.29. The van der Waals surface area contributed by atoms with Gasteiger partial charge >= 0.3 is 0 Å². The lowest BCUT2D eigenvalue weighted by molar-refractivity contribution is 0.101. The molecule has 2 unspecified atom stereocenters. The van der Waals surface area contributed by atoms with Crippen LogP contribution in [0.2, 0.25) is 5.02 Å². The van der Waals surface area contributed by atoms with Gasteiger partial charge in [0.1, 0.15) is 0 Å². The zero-order chi connectivity index (χ0) is 13.7. The standard InChI is InChI=1S/C16H24ClNO/c1-12-6-3-9-14(16(12)17)15(18-2)10-4-7-13-8-5-11-19-13/h3,6,9,13,15,18H,4-5,7-8,10-11H2,1-2H3. The summed E-state index contributed by atoms with van der Waals surface area (Å²) in [5.74, 6) is 0. The fourth-order valence-corrected chi connectivity index (χ4v) is 3.07. The SMILES string of the molecule is CNC(CCCC1CCCO1)c1cccc(C)c1Cl. The quantitative estimate of drug-likeness (QED) is 0.841. The fraction of sp³-hybridized carbons (Fsp3) is 0.625. The molecule has 1 fully saturated rings. The molecule has 0 bridgehead atoms. The zero-order valence-electron chi connectivity index (χ0n) is 11.9. The van der Waals surface area contributed by atoms with E-state index in [1.165, 1.54) is 31.2 Å². The Morgan fingerprint density at radius 1 is 1.47 bits per heavy atom. The number of rotatable bonds is 6. The van der Waals surface area contributed by atoms with E-state index in [1.807, 2.05) is 7.05 Å². The molecular formula is C16H24ClNO. The molecule has 0 saturated carbocycles. The normalized spacial score (nSPS) is 20.7. The number of benzene rings is 1. The van der Waals surface area contributed by atoms with E-state index in [2.05, 4.69) is 30.4 Å². The van der Waals surface area contributed by atoms with Crippen molar-refractivity contribution in [2.45, 2.75) is 51.2 Å². The van der Waals surface area contributed by atoms with Gasteiger partial charge < -0.3 is 10.1 Å². The van der Waals surface area contributed by atoms with Crippen molar-refractivity contribution in [3.05, 3.63) is 34.3 Å². The maximum atomic E-state index is 6.41. The average Bonchev–Trinajstić information content (AvgIpc) is 2.92. The average molecular weight is 282 g/mol. The first kappa shape index (κ1) is 14.8. The van der Waals surface area contributed by atoms with E-state index in [4.69, 9.17) is 16.3 Å². The minimum absolute atomic E-state index is 0.341. The van der Waals surface area contributed by atoms with Crippen molar-refractivity contribution in [2.75, 3.05) is 13.7 Å². The molecule has 1 aromatic carbocycles. The molecular weight excluding hydrogens is 258 g/mol. The van der Waals surface area contributed by atoms with Crippen molar-refractivity contribution >= 4 is 11.6 Å². The van der Waals surface area contributed by atoms with Crippen LogP contribution in [0.15, 0.2) is 18.2 Å². The Morgan fingerprint density at radius 2 is 2.32 bits per heavy atom. The smallest absolute Gasteiger partial charge is 0.0576 e. The predicted octanol–water partition coefficient (Wildman–Crippen LogP) is 4.26. The van der Waals surface area contributed by atoms with E-state index in [9.17, 15) is 0 Å². The van der Waals surface area contributed by atoms with Crippen molar-refractivity contribution < 1.29 is 4.74 Å². The topological polar surface area (TPSA) is 21.3 Å². The van der Waals surface area contributed by atoms with Crippen molar-refractivity contribution in [3.63, 3.8) is 0 Å². The van der Waals surface area contributed by atoms with Crippen LogP contribution in [0.25, 0.3) is 0 Å². The number of hydrogen-bond acceptors (Lipinski definition) is 2. The van der Waals surface area contributed by atoms with Gasteiger partial charge in [-0.2, -0.15) is 0 Å². The molecule has 1 heterocycles. The van der Waals surface area contributed by atoms with Gasteiger partial charge in [0.2, 0.25) is 0 Å². The number of halogens is 1. The van der Waals surface area contributed by atoms with Gasteiger partial charge in [0.05, 0.1) is 6.10 Å². The van der Waals surface area contributed by atoms with Gasteiger partial charge in [0.25, 0.3) is 0 Å². The first-order valence-corrected chi connectivity index (χ1v) is 7.64. The van der Waals surface area contributed by atoms with E-state index in [1.54, 1.807) is 0 Å². The van der Waals surface area contributed by atoms with Gasteiger partial charge in [0.15, 0.2) is 0 Å². The second-order valence-corrected chi connectivity index (χ2v) is 5.76. The van der Waals surface area contributed by atoms with Crippen LogP contribution in [0.4, 0.5) is 0 Å². The predicted molar refractivity (Wildman–Crippen MR) is 80.8 cm³/mol. The minimum Gasteiger partial charge on any atom is -0.378 e. The Hall–Kier alpha value is -0.570. The molecule has 19 heavy (non-hydrogen) atoms. The van der Waals surface area contributed by atoms with Gasteiger partial charge in [-0.25, -0.2) is 0 Å². The molecule has 106 valence electrons. The molecule has 1 aliphatic rings. The number of aryl methyl sites for hydroxylation is 1. The fourth-order valence-electron chi connectivity index (χ4n) is 2.82. The molecule has 1 N–H and O–H groups in total. The maximum Gasteiger partial charge on any atom is 0.0576 e. The monoisotopic (exact) mass is 281 g/mol. The van der Waals surface area contributed by atoms with Crippen molar-refractivity contribution in [1.82, 2.24) is 5.32 Å². The Labute approximate surface area is 121 Å². The zero-order valence-corrected chi connectivity index (χ0v) is 12.7. The highest BCUT2D eigenvalue weighted by Gasteiger charge is 2.17. The summed E-state index contributed by atoms with van der Waals surface area (Å²) in [6.45, 7) is 3.01. The van der Waals surface area contributed by atoms with Gasteiger partial charge in [-0.15, -0.1) is 0 Å². The van der Waals surface area contributed by atoms with Crippen LogP contribution in [-0.4, -0.2) is 19.8 Å². The van der Waals surface area contributed by atoms with Gasteiger partial charge in [-0.1, -0.05) is 29.8 Å². The largest absolute Gasteiger partial charge is 0.378 e. The highest BCUT2D eigenvalue weighted by atomic mass is 35.5. The molecule has 2 nitrogen and oxygen atoms in total. The molecule has 0 spiro atoms. The molecule has 1 saturated heterocycles. The third kappa shape index (κ3) is 3.95. The Bertz CT molecular complexity index is 402. The molecule has 1 aliphatic heterocycles. The summed E-state index contributed by atoms with van der Waals surface area (Å²) in [6.07, 6.45) is 6.41. The lowest BCUT2D eigenvalue weighted by Crippen LogP contribution is -2.17. The van der Waals surface area contributed by atoms with E-state index >= 15 is 0 Å². The van der Waals surface area contributed by atoms with Crippen LogP contribution in [-0.2, 0) is 4.74 Å². The summed E-state index contributed by atoms with van der Waals surface area (Å²) >= 11 is 6.41. The highest BCUT2D eigenvalue weighted by molar-refractivity contribution is 6.32. The van der Waals surface area contributed by atoms with Crippen LogP contribution in [0.5, 0.6) is 0 Å². The van der Waals surface area contributed by atoms with E-state index < -0.39 is 0 Å². The molecule has 0 radical (unpaired) electrons. The lowest BCUT2D eigenvalue weighted by Gasteiger charge is -2.19. The van der Waals surface area contributed by atoms with Crippen LogP contribution < -0.4 is 5.32 Å². The second-order valence-electron chi connectivity index (χ2n) is 5.39. The molecule has 2 atom stereocenters. The first-order chi connectivity index (χ1) is 9.22. The highest BCUT2D eigenvalue weighted by Crippen LogP contribution is 2.29. The third-order valence-corrected chi connectivity index (χ3v) is 4.50. The summed E-state index contributed by atoms with van der Waals surface area (Å²) < 4.78 is 5.67. The second kappa shape index (κ2) is 7.28. The molecule has 1 aromatic rings. The summed E-state index contributed by atoms with van der Waals surface area (Å²) in [4.78, 5) is 0. The summed E-state index contributed by atoms with van der Waals surface area (Å²) in [5.41, 5.74) is 2.37. The Balaban J connectivity index is 1.90. The van der Waals surface area contributed by atoms with E-state index in [0.717, 1.165) is 23.6 Å². The summed E-state index contributed by atoms with van der Waals surface area (Å²) in [7, 11) is 2.01. The molecule has 0 amide bonds. The molecule has 0 aliphatic carbocycles.